The maximum Gasteiger partial charge on any atom is 0.310 e. The number of aryl methyl sites for hydroxylation is 1. The van der Waals surface area contributed by atoms with E-state index in [-0.39, 0.29) is 24.4 Å². The van der Waals surface area contributed by atoms with Crippen molar-refractivity contribution in [2.75, 3.05) is 0 Å². The first-order chi connectivity index (χ1) is 10.7. The van der Waals surface area contributed by atoms with Crippen molar-refractivity contribution in [3.8, 4) is 0 Å². The molecule has 0 amide bonds. The molecule has 3 aromatic rings. The van der Waals surface area contributed by atoms with E-state index in [2.05, 4.69) is 15.1 Å². The molecule has 1 aromatic carbocycles. The van der Waals surface area contributed by atoms with Crippen LogP contribution in [0.15, 0.2) is 36.7 Å². The van der Waals surface area contributed by atoms with E-state index >= 15 is 0 Å². The lowest BCUT2D eigenvalue weighted by Gasteiger charge is -2.01. The van der Waals surface area contributed by atoms with Gasteiger partial charge in [0.05, 0.1) is 23.1 Å². The molecular weight excluding hydrogens is 280 g/mol. The van der Waals surface area contributed by atoms with Crippen LogP contribution in [0.5, 0.6) is 0 Å². The maximum absolute atomic E-state index is 12.1. The molecule has 2 aromatic heterocycles. The number of nitrogens with one attached hydrogen (secondary N) is 1. The van der Waals surface area contributed by atoms with E-state index in [4.69, 9.17) is 4.74 Å². The maximum atomic E-state index is 12.1. The molecule has 6 nitrogen and oxygen atoms in total. The second-order valence-corrected chi connectivity index (χ2v) is 5.70. The van der Waals surface area contributed by atoms with E-state index in [1.807, 2.05) is 43.7 Å². The Morgan fingerprint density at radius 1 is 1.45 bits per heavy atom. The van der Waals surface area contributed by atoms with Crippen LogP contribution in [0.4, 0.5) is 0 Å². The summed E-state index contributed by atoms with van der Waals surface area (Å²) in [6.07, 6.45) is 4.61. The number of carbonyl (C=O) groups excluding carboxylic acids is 1. The predicted octanol–water partition coefficient (Wildman–Crippen LogP) is 2.14. The van der Waals surface area contributed by atoms with Crippen LogP contribution in [0, 0.1) is 5.92 Å². The van der Waals surface area contributed by atoms with E-state index < -0.39 is 0 Å². The molecule has 6 heteroatoms. The van der Waals surface area contributed by atoms with Crippen LogP contribution in [-0.4, -0.2) is 25.7 Å². The number of esters is 1. The number of para-hydroxylation sites is 2. The molecule has 1 aliphatic rings. The molecule has 0 saturated heterocycles. The van der Waals surface area contributed by atoms with E-state index in [0.717, 1.165) is 23.0 Å². The minimum atomic E-state index is -0.158. The molecule has 2 atom stereocenters. The summed E-state index contributed by atoms with van der Waals surface area (Å²) >= 11 is 0. The fourth-order valence-electron chi connectivity index (χ4n) is 2.78. The topological polar surface area (TPSA) is 72.8 Å². The van der Waals surface area contributed by atoms with Gasteiger partial charge in [0.2, 0.25) is 0 Å². The lowest BCUT2D eigenvalue weighted by molar-refractivity contribution is -0.146. The molecule has 1 saturated carbocycles. The minimum Gasteiger partial charge on any atom is -0.457 e. The van der Waals surface area contributed by atoms with Crippen molar-refractivity contribution in [2.24, 2.45) is 13.0 Å². The molecule has 0 bridgehead atoms. The third kappa shape index (κ3) is 2.36. The van der Waals surface area contributed by atoms with E-state index in [0.29, 0.717) is 5.82 Å². The van der Waals surface area contributed by atoms with Crippen LogP contribution < -0.4 is 0 Å². The molecule has 2 heterocycles. The standard InChI is InChI=1S/C16H16N4O2/c1-20-8-10(7-17-20)11-6-12(11)16(21)22-9-15-18-13-4-2-3-5-14(13)19-15/h2-5,7-8,11-12H,6,9H2,1H3,(H,18,19)/t11-,12-/m1/s1. The molecule has 0 spiro atoms. The fraction of sp³-hybridized carbons (Fsp3) is 0.312. The Kier molecular flexibility index (Phi) is 2.96. The van der Waals surface area contributed by atoms with Gasteiger partial charge < -0.3 is 9.72 Å². The van der Waals surface area contributed by atoms with Gasteiger partial charge >= 0.3 is 5.97 Å². The van der Waals surface area contributed by atoms with Crippen molar-refractivity contribution in [3.05, 3.63) is 48.0 Å². The van der Waals surface area contributed by atoms with Crippen molar-refractivity contribution < 1.29 is 9.53 Å². The van der Waals surface area contributed by atoms with Crippen LogP contribution in [0.3, 0.4) is 0 Å². The smallest absolute Gasteiger partial charge is 0.310 e. The first-order valence-corrected chi connectivity index (χ1v) is 7.29. The number of aromatic amines is 1. The average Bonchev–Trinajstić information content (AvgIpc) is 3.02. The SMILES string of the molecule is Cn1cc([C@H]2C[C@H]2C(=O)OCc2nc3ccccc3[nH]2)cn1. The molecular formula is C16H16N4O2. The third-order valence-corrected chi connectivity index (χ3v) is 4.04. The summed E-state index contributed by atoms with van der Waals surface area (Å²) < 4.78 is 7.13. The zero-order valence-corrected chi connectivity index (χ0v) is 12.2. The van der Waals surface area contributed by atoms with Gasteiger partial charge in [-0.1, -0.05) is 12.1 Å². The fourth-order valence-corrected chi connectivity index (χ4v) is 2.78. The Morgan fingerprint density at radius 3 is 3.09 bits per heavy atom. The van der Waals surface area contributed by atoms with Gasteiger partial charge in [0, 0.05) is 19.2 Å². The monoisotopic (exact) mass is 296 g/mol. The molecule has 0 unspecified atom stereocenters. The highest BCUT2D eigenvalue weighted by Gasteiger charge is 2.45. The van der Waals surface area contributed by atoms with Crippen molar-refractivity contribution >= 4 is 17.0 Å². The first kappa shape index (κ1) is 13.1. The number of ether oxygens (including phenoxy) is 1. The quantitative estimate of drug-likeness (QED) is 0.749. The Hall–Kier alpha value is -2.63. The summed E-state index contributed by atoms with van der Waals surface area (Å²) in [5.41, 5.74) is 2.94. The zero-order chi connectivity index (χ0) is 15.1. The third-order valence-electron chi connectivity index (χ3n) is 4.04. The molecule has 1 aliphatic carbocycles. The minimum absolute atomic E-state index is 0.0476. The van der Waals surface area contributed by atoms with Crippen molar-refractivity contribution in [1.82, 2.24) is 19.7 Å². The summed E-state index contributed by atoms with van der Waals surface area (Å²) in [5, 5.41) is 4.14. The zero-order valence-electron chi connectivity index (χ0n) is 12.2. The number of nitrogens with zero attached hydrogens (tertiary/aromatic N) is 3. The summed E-state index contributed by atoms with van der Waals surface area (Å²) in [5.74, 6) is 0.716. The largest absolute Gasteiger partial charge is 0.457 e. The van der Waals surface area contributed by atoms with Gasteiger partial charge in [-0.2, -0.15) is 5.10 Å². The molecule has 1 N–H and O–H groups in total. The van der Waals surface area contributed by atoms with Crippen molar-refractivity contribution in [1.29, 1.82) is 0 Å². The number of imidazole rings is 1. The van der Waals surface area contributed by atoms with E-state index in [9.17, 15) is 4.79 Å². The number of H-pyrrole nitrogens is 1. The number of hydrogen-bond donors (Lipinski definition) is 1. The lowest BCUT2D eigenvalue weighted by Crippen LogP contribution is -2.08. The van der Waals surface area contributed by atoms with Crippen LogP contribution in [0.2, 0.25) is 0 Å². The second-order valence-electron chi connectivity index (χ2n) is 5.70. The number of benzene rings is 1. The van der Waals surface area contributed by atoms with Gasteiger partial charge in [-0.05, 0) is 24.1 Å². The van der Waals surface area contributed by atoms with E-state index in [1.165, 1.54) is 0 Å². The molecule has 1 fully saturated rings. The predicted molar refractivity (Wildman–Crippen MR) is 79.9 cm³/mol. The van der Waals surface area contributed by atoms with Crippen LogP contribution >= 0.6 is 0 Å². The van der Waals surface area contributed by atoms with Crippen molar-refractivity contribution in [2.45, 2.75) is 18.9 Å². The number of hydrogen-bond acceptors (Lipinski definition) is 4. The average molecular weight is 296 g/mol. The van der Waals surface area contributed by atoms with Gasteiger partial charge in [0.15, 0.2) is 0 Å². The molecule has 0 aliphatic heterocycles. The second kappa shape index (κ2) is 4.98. The van der Waals surface area contributed by atoms with Crippen molar-refractivity contribution in [3.63, 3.8) is 0 Å². The van der Waals surface area contributed by atoms with Crippen LogP contribution in [-0.2, 0) is 23.2 Å². The Balaban J connectivity index is 1.37. The molecule has 4 rings (SSSR count). The van der Waals surface area contributed by atoms with Gasteiger partial charge in [0.25, 0.3) is 0 Å². The molecule has 22 heavy (non-hydrogen) atoms. The van der Waals surface area contributed by atoms with E-state index in [1.54, 1.807) is 4.68 Å². The summed E-state index contributed by atoms with van der Waals surface area (Å²) in [6, 6.07) is 7.75. The first-order valence-electron chi connectivity index (χ1n) is 7.29. The summed E-state index contributed by atoms with van der Waals surface area (Å²) in [4.78, 5) is 19.6. The number of carbonyl (C=O) groups is 1. The lowest BCUT2D eigenvalue weighted by atomic mass is 10.2. The normalized spacial score (nSPS) is 20.2. The highest BCUT2D eigenvalue weighted by Crippen LogP contribution is 2.48. The number of fused-ring (bicyclic) bond motifs is 1. The Labute approximate surface area is 127 Å². The number of aromatic nitrogens is 4. The van der Waals surface area contributed by atoms with Gasteiger partial charge in [0.1, 0.15) is 12.4 Å². The van der Waals surface area contributed by atoms with Crippen LogP contribution in [0.1, 0.15) is 23.7 Å². The molecule has 112 valence electrons. The summed E-state index contributed by atoms with van der Waals surface area (Å²) in [7, 11) is 1.88. The summed E-state index contributed by atoms with van der Waals surface area (Å²) in [6.45, 7) is 0.184. The highest BCUT2D eigenvalue weighted by atomic mass is 16.5. The van der Waals surface area contributed by atoms with Gasteiger partial charge in [-0.25, -0.2) is 4.98 Å². The highest BCUT2D eigenvalue weighted by molar-refractivity contribution is 5.77. The Bertz CT molecular complexity index is 802. The van der Waals surface area contributed by atoms with Crippen LogP contribution in [0.25, 0.3) is 11.0 Å². The van der Waals surface area contributed by atoms with Gasteiger partial charge in [-0.3, -0.25) is 9.48 Å². The molecule has 0 radical (unpaired) electrons. The Morgan fingerprint density at radius 2 is 2.32 bits per heavy atom. The number of rotatable bonds is 4. The van der Waals surface area contributed by atoms with Gasteiger partial charge in [-0.15, -0.1) is 0 Å².